The van der Waals surface area contributed by atoms with E-state index in [1.807, 2.05) is 0 Å². The van der Waals surface area contributed by atoms with Crippen molar-refractivity contribution in [2.24, 2.45) is 0 Å². The molecule has 0 unspecified atom stereocenters. The van der Waals surface area contributed by atoms with Gasteiger partial charge < -0.3 is 15.4 Å². The Kier molecular flexibility index (Phi) is 5.92. The molecule has 168 valence electrons. The number of urea groups is 1. The van der Waals surface area contributed by atoms with Crippen LogP contribution < -0.4 is 10.6 Å². The van der Waals surface area contributed by atoms with Gasteiger partial charge in [0.05, 0.1) is 23.8 Å². The van der Waals surface area contributed by atoms with Crippen LogP contribution in [0.5, 0.6) is 0 Å². The van der Waals surface area contributed by atoms with Gasteiger partial charge in [-0.2, -0.15) is 26.3 Å². The lowest BCUT2D eigenvalue weighted by atomic mass is 9.91. The summed E-state index contributed by atoms with van der Waals surface area (Å²) >= 11 is 0. The van der Waals surface area contributed by atoms with Crippen LogP contribution in [0.3, 0.4) is 0 Å². The summed E-state index contributed by atoms with van der Waals surface area (Å²) in [4.78, 5) is 11.7. The second-order valence-electron chi connectivity index (χ2n) is 7.19. The molecule has 3 rings (SSSR count). The predicted molar refractivity (Wildman–Crippen MR) is 95.4 cm³/mol. The van der Waals surface area contributed by atoms with Gasteiger partial charge in [0, 0.05) is 6.54 Å². The van der Waals surface area contributed by atoms with E-state index in [9.17, 15) is 35.5 Å². The minimum absolute atomic E-state index is 0.0284. The summed E-state index contributed by atoms with van der Waals surface area (Å²) in [5.74, 6) is -0.519. The number of halogens is 7. The van der Waals surface area contributed by atoms with Gasteiger partial charge in [-0.3, -0.25) is 0 Å². The predicted octanol–water partition coefficient (Wildman–Crippen LogP) is 5.15. The largest absolute Gasteiger partial charge is 0.416 e. The van der Waals surface area contributed by atoms with Crippen molar-refractivity contribution < 1.29 is 40.3 Å². The third-order valence-electron chi connectivity index (χ3n) is 4.96. The van der Waals surface area contributed by atoms with E-state index in [1.165, 1.54) is 19.1 Å². The summed E-state index contributed by atoms with van der Waals surface area (Å²) in [5.41, 5.74) is -3.94. The highest BCUT2D eigenvalue weighted by Crippen LogP contribution is 2.38. The molecule has 31 heavy (non-hydrogen) atoms. The molecule has 2 N–H and O–H groups in total. The minimum Gasteiger partial charge on any atom is -0.371 e. The number of rotatable bonds is 5. The molecule has 2 amide bonds. The van der Waals surface area contributed by atoms with E-state index >= 15 is 0 Å². The van der Waals surface area contributed by atoms with E-state index in [-0.39, 0.29) is 24.8 Å². The molecular weight excluding hydrogens is 433 g/mol. The van der Waals surface area contributed by atoms with Crippen molar-refractivity contribution in [2.45, 2.75) is 30.9 Å². The molecule has 0 spiro atoms. The normalized spacial score (nSPS) is 20.3. The number of alkyl halides is 6. The summed E-state index contributed by atoms with van der Waals surface area (Å²) in [7, 11) is 0. The first-order valence-corrected chi connectivity index (χ1v) is 9.03. The van der Waals surface area contributed by atoms with Crippen LogP contribution in [0.2, 0.25) is 0 Å². The van der Waals surface area contributed by atoms with Crippen LogP contribution >= 0.6 is 0 Å². The molecule has 0 aliphatic carbocycles. The van der Waals surface area contributed by atoms with E-state index in [0.717, 1.165) is 12.1 Å². The fourth-order valence-electron chi connectivity index (χ4n) is 3.23. The number of carbonyl (C=O) groups is 1. The van der Waals surface area contributed by atoms with Gasteiger partial charge in [-0.15, -0.1) is 0 Å². The summed E-state index contributed by atoms with van der Waals surface area (Å²) in [5, 5.41) is 5.15. The molecule has 1 aliphatic rings. The Morgan fingerprint density at radius 2 is 1.55 bits per heavy atom. The maximum atomic E-state index is 13.3. The van der Waals surface area contributed by atoms with Crippen molar-refractivity contribution in [1.29, 1.82) is 0 Å². The smallest absolute Gasteiger partial charge is 0.371 e. The number of hydrogen-bond donors (Lipinski definition) is 2. The first kappa shape index (κ1) is 22.9. The maximum absolute atomic E-state index is 13.3. The molecule has 0 saturated carbocycles. The highest BCUT2D eigenvalue weighted by atomic mass is 19.4. The molecule has 0 bridgehead atoms. The topological polar surface area (TPSA) is 50.4 Å². The standard InChI is InChI=1S/C20H17F7N2O2/c1-11(12-6-14(19(22,23)24)8-15(7-12)20(25,26)27)31-10-18(9-28-17(30)29-18)13-2-4-16(21)5-3-13/h2-8,11H,9-10H2,1H3,(H2,28,29,30)/t11-,18-/m1/s1. The third kappa shape index (κ3) is 5.09. The highest BCUT2D eigenvalue weighted by molar-refractivity contribution is 5.78. The van der Waals surface area contributed by atoms with E-state index in [4.69, 9.17) is 4.74 Å². The lowest BCUT2D eigenvalue weighted by Gasteiger charge is -2.30. The summed E-state index contributed by atoms with van der Waals surface area (Å²) in [6.45, 7) is 1.05. The molecule has 4 nitrogen and oxygen atoms in total. The lowest BCUT2D eigenvalue weighted by molar-refractivity contribution is -0.143. The minimum atomic E-state index is -4.98. The maximum Gasteiger partial charge on any atom is 0.416 e. The van der Waals surface area contributed by atoms with Crippen molar-refractivity contribution in [3.8, 4) is 0 Å². The van der Waals surface area contributed by atoms with Crippen molar-refractivity contribution in [3.05, 3.63) is 70.5 Å². The molecule has 1 heterocycles. The van der Waals surface area contributed by atoms with Gasteiger partial charge in [0.2, 0.25) is 0 Å². The van der Waals surface area contributed by atoms with E-state index in [2.05, 4.69) is 10.6 Å². The number of amides is 2. The van der Waals surface area contributed by atoms with Crippen molar-refractivity contribution in [1.82, 2.24) is 10.6 Å². The van der Waals surface area contributed by atoms with Gasteiger partial charge in [0.15, 0.2) is 0 Å². The first-order valence-electron chi connectivity index (χ1n) is 9.03. The van der Waals surface area contributed by atoms with E-state index in [0.29, 0.717) is 17.7 Å². The number of hydrogen-bond acceptors (Lipinski definition) is 2. The van der Waals surface area contributed by atoms with Crippen molar-refractivity contribution in [3.63, 3.8) is 0 Å². The number of ether oxygens (including phenoxy) is 1. The summed E-state index contributed by atoms with van der Waals surface area (Å²) < 4.78 is 97.4. The monoisotopic (exact) mass is 450 g/mol. The zero-order valence-corrected chi connectivity index (χ0v) is 16.0. The highest BCUT2D eigenvalue weighted by Gasteiger charge is 2.41. The Bertz CT molecular complexity index is 925. The fraction of sp³-hybridized carbons (Fsp3) is 0.350. The third-order valence-corrected chi connectivity index (χ3v) is 4.96. The Morgan fingerprint density at radius 3 is 2.00 bits per heavy atom. The van der Waals surface area contributed by atoms with Gasteiger partial charge in [-0.25, -0.2) is 9.18 Å². The van der Waals surface area contributed by atoms with E-state index in [1.54, 1.807) is 0 Å². The summed E-state index contributed by atoms with van der Waals surface area (Å²) in [6, 6.07) is 5.81. The molecule has 2 atom stereocenters. The average Bonchev–Trinajstić information content (AvgIpc) is 3.07. The molecular formula is C20H17F7N2O2. The van der Waals surface area contributed by atoms with Crippen LogP contribution in [0, 0.1) is 5.82 Å². The van der Waals surface area contributed by atoms with Crippen molar-refractivity contribution >= 4 is 6.03 Å². The molecule has 1 saturated heterocycles. The quantitative estimate of drug-likeness (QED) is 0.620. The second-order valence-corrected chi connectivity index (χ2v) is 7.19. The van der Waals surface area contributed by atoms with E-state index < -0.39 is 47.0 Å². The SMILES string of the molecule is C[C@@H](OC[C@@]1(c2ccc(F)cc2)CNC(=O)N1)c1cc(C(F)(F)F)cc(C(F)(F)F)c1. The second kappa shape index (κ2) is 8.03. The van der Waals surface area contributed by atoms with Crippen LogP contribution in [-0.2, 0) is 22.6 Å². The molecule has 1 fully saturated rings. The van der Waals surface area contributed by atoms with Crippen LogP contribution in [0.4, 0.5) is 35.5 Å². The van der Waals surface area contributed by atoms with Gasteiger partial charge >= 0.3 is 18.4 Å². The van der Waals surface area contributed by atoms with Gasteiger partial charge in [-0.1, -0.05) is 12.1 Å². The Balaban J connectivity index is 1.88. The first-order chi connectivity index (χ1) is 14.3. The molecule has 0 aromatic heterocycles. The Hall–Kier alpha value is -2.82. The van der Waals surface area contributed by atoms with Gasteiger partial charge in [0.25, 0.3) is 0 Å². The zero-order chi connectivity index (χ0) is 23.0. The molecule has 2 aromatic carbocycles. The van der Waals surface area contributed by atoms with Crippen LogP contribution in [0.25, 0.3) is 0 Å². The zero-order valence-electron chi connectivity index (χ0n) is 16.0. The molecule has 0 radical (unpaired) electrons. The summed E-state index contributed by atoms with van der Waals surface area (Å²) in [6.07, 6.45) is -11.1. The molecule has 2 aromatic rings. The van der Waals surface area contributed by atoms with Crippen molar-refractivity contribution in [2.75, 3.05) is 13.2 Å². The number of benzene rings is 2. The number of nitrogens with one attached hydrogen (secondary N) is 2. The average molecular weight is 450 g/mol. The number of carbonyl (C=O) groups excluding carboxylic acids is 1. The lowest BCUT2D eigenvalue weighted by Crippen LogP contribution is -2.45. The van der Waals surface area contributed by atoms with Crippen LogP contribution in [-0.4, -0.2) is 19.2 Å². The Labute approximate surface area is 172 Å². The molecule has 1 aliphatic heterocycles. The van der Waals surface area contributed by atoms with Crippen LogP contribution in [0.15, 0.2) is 42.5 Å². The van der Waals surface area contributed by atoms with Gasteiger partial charge in [-0.05, 0) is 48.4 Å². The van der Waals surface area contributed by atoms with Crippen LogP contribution in [0.1, 0.15) is 35.3 Å². The Morgan fingerprint density at radius 1 is 1.00 bits per heavy atom. The van der Waals surface area contributed by atoms with Gasteiger partial charge in [0.1, 0.15) is 11.4 Å². The molecule has 11 heteroatoms. The fourth-order valence-corrected chi connectivity index (χ4v) is 3.23.